The van der Waals surface area contributed by atoms with Gasteiger partial charge in [-0.05, 0) is 23.8 Å². The lowest BCUT2D eigenvalue weighted by Crippen LogP contribution is -2.95. The molecule has 24 heavy (non-hydrogen) atoms. The van der Waals surface area contributed by atoms with E-state index in [1.165, 1.54) is 12.1 Å². The van der Waals surface area contributed by atoms with Crippen LogP contribution in [-0.4, -0.2) is 27.2 Å². The van der Waals surface area contributed by atoms with Gasteiger partial charge in [0, 0.05) is 23.4 Å². The molecule has 0 fully saturated rings. The Hall–Kier alpha value is -2.99. The summed E-state index contributed by atoms with van der Waals surface area (Å²) in [6, 6.07) is 10.9. The number of aromatic nitrogens is 1. The zero-order valence-electron chi connectivity index (χ0n) is 12.7. The van der Waals surface area contributed by atoms with Gasteiger partial charge in [-0.2, -0.15) is 0 Å². The SMILES string of the molecule is O=C([O-])[C@@H]1Cc2c([nH]c3ccccc23)[C@H](c2ccc(O)cc2O)[NH2+]1. The molecule has 0 spiro atoms. The minimum atomic E-state index is -1.13. The molecule has 2 atom stereocenters. The second kappa shape index (κ2) is 5.28. The second-order valence-electron chi connectivity index (χ2n) is 6.11. The van der Waals surface area contributed by atoms with Crippen LogP contribution in [-0.2, 0) is 11.2 Å². The summed E-state index contributed by atoms with van der Waals surface area (Å²) < 4.78 is 0. The number of fused-ring (bicyclic) bond motifs is 3. The van der Waals surface area contributed by atoms with E-state index in [1.54, 1.807) is 11.4 Å². The van der Waals surface area contributed by atoms with Crippen LogP contribution in [0.25, 0.3) is 10.9 Å². The summed E-state index contributed by atoms with van der Waals surface area (Å²) in [5.74, 6) is -1.24. The molecule has 0 saturated heterocycles. The van der Waals surface area contributed by atoms with Crippen molar-refractivity contribution < 1.29 is 25.4 Å². The van der Waals surface area contributed by atoms with Crippen molar-refractivity contribution in [2.24, 2.45) is 0 Å². The maximum atomic E-state index is 11.5. The second-order valence-corrected chi connectivity index (χ2v) is 6.11. The van der Waals surface area contributed by atoms with Crippen LogP contribution in [0.3, 0.4) is 0 Å². The molecule has 1 aliphatic heterocycles. The van der Waals surface area contributed by atoms with E-state index in [4.69, 9.17) is 0 Å². The Labute approximate surface area is 137 Å². The van der Waals surface area contributed by atoms with Crippen LogP contribution in [0.15, 0.2) is 42.5 Å². The number of carbonyl (C=O) groups is 1. The topological polar surface area (TPSA) is 113 Å². The van der Waals surface area contributed by atoms with Gasteiger partial charge >= 0.3 is 0 Å². The van der Waals surface area contributed by atoms with Crippen LogP contribution in [0, 0.1) is 0 Å². The van der Waals surface area contributed by atoms with Gasteiger partial charge in [-0.1, -0.05) is 18.2 Å². The van der Waals surface area contributed by atoms with Crippen molar-refractivity contribution in [2.45, 2.75) is 18.5 Å². The Bertz CT molecular complexity index is 947. The van der Waals surface area contributed by atoms with Crippen molar-refractivity contribution in [3.63, 3.8) is 0 Å². The van der Waals surface area contributed by atoms with Gasteiger partial charge in [0.05, 0.1) is 17.2 Å². The summed E-state index contributed by atoms with van der Waals surface area (Å²) in [5, 5.41) is 33.9. The predicted molar refractivity (Wildman–Crippen MR) is 84.3 cm³/mol. The number of nitrogens with two attached hydrogens (primary N) is 1. The first-order valence-corrected chi connectivity index (χ1v) is 7.72. The molecule has 0 amide bonds. The van der Waals surface area contributed by atoms with Gasteiger partial charge in [-0.15, -0.1) is 0 Å². The molecule has 0 bridgehead atoms. The Balaban J connectivity index is 1.92. The molecule has 1 aliphatic rings. The summed E-state index contributed by atoms with van der Waals surface area (Å²) in [6.07, 6.45) is 0.358. The van der Waals surface area contributed by atoms with Gasteiger partial charge in [0.25, 0.3) is 0 Å². The lowest BCUT2D eigenvalue weighted by atomic mass is 9.90. The monoisotopic (exact) mass is 324 g/mol. The first-order chi connectivity index (χ1) is 11.5. The molecule has 0 saturated carbocycles. The van der Waals surface area contributed by atoms with Crippen molar-refractivity contribution in [1.82, 2.24) is 4.98 Å². The minimum Gasteiger partial charge on any atom is -0.544 e. The number of hydrogen-bond acceptors (Lipinski definition) is 4. The molecule has 1 aromatic heterocycles. The maximum Gasteiger partial charge on any atom is 0.157 e. The molecule has 6 nitrogen and oxygen atoms in total. The number of aromatic hydroxyl groups is 2. The highest BCUT2D eigenvalue weighted by molar-refractivity contribution is 5.86. The summed E-state index contributed by atoms with van der Waals surface area (Å²) in [6.45, 7) is 0. The quantitative estimate of drug-likeness (QED) is 0.527. The molecule has 4 rings (SSSR count). The Morgan fingerprint density at radius 3 is 2.75 bits per heavy atom. The smallest absolute Gasteiger partial charge is 0.157 e. The third kappa shape index (κ3) is 2.19. The van der Waals surface area contributed by atoms with E-state index in [1.807, 2.05) is 24.3 Å². The van der Waals surface area contributed by atoms with Crippen LogP contribution in [0.1, 0.15) is 22.9 Å². The number of carboxylic acid groups (broad SMARTS) is 1. The van der Waals surface area contributed by atoms with Crippen LogP contribution in [0.2, 0.25) is 0 Å². The van der Waals surface area contributed by atoms with Crippen molar-refractivity contribution in [3.8, 4) is 11.5 Å². The molecule has 2 aromatic carbocycles. The summed E-state index contributed by atoms with van der Waals surface area (Å²) in [4.78, 5) is 14.8. The van der Waals surface area contributed by atoms with E-state index in [0.717, 1.165) is 22.2 Å². The number of phenolic OH excluding ortho intramolecular Hbond substituents is 2. The zero-order valence-corrected chi connectivity index (χ0v) is 12.7. The normalized spacial score (nSPS) is 20.0. The highest BCUT2D eigenvalue weighted by Crippen LogP contribution is 2.35. The lowest BCUT2D eigenvalue weighted by Gasteiger charge is -2.29. The number of benzene rings is 2. The Kier molecular flexibility index (Phi) is 3.21. The third-order valence-corrected chi connectivity index (χ3v) is 4.66. The lowest BCUT2D eigenvalue weighted by molar-refractivity contribution is -0.717. The largest absolute Gasteiger partial charge is 0.544 e. The standard InChI is InChI=1S/C18H16N2O4/c21-9-5-6-11(15(22)7-9)16-17-12(8-14(20-16)18(23)24)10-3-1-2-4-13(10)19-17/h1-7,14,16,19-22H,8H2,(H,23,24)/t14-,16-/m0/s1. The highest BCUT2D eigenvalue weighted by Gasteiger charge is 2.36. The van der Waals surface area contributed by atoms with E-state index in [9.17, 15) is 20.1 Å². The minimum absolute atomic E-state index is 0.0413. The number of rotatable bonds is 2. The first-order valence-electron chi connectivity index (χ1n) is 7.72. The molecule has 0 unspecified atom stereocenters. The number of quaternary nitrogens is 1. The zero-order chi connectivity index (χ0) is 16.8. The van der Waals surface area contributed by atoms with Crippen LogP contribution >= 0.6 is 0 Å². The molecule has 122 valence electrons. The molecule has 3 aromatic rings. The third-order valence-electron chi connectivity index (χ3n) is 4.66. The number of carboxylic acids is 1. The molecule has 0 aliphatic carbocycles. The van der Waals surface area contributed by atoms with E-state index >= 15 is 0 Å². The molecule has 0 radical (unpaired) electrons. The van der Waals surface area contributed by atoms with Gasteiger partial charge in [-0.3, -0.25) is 0 Å². The van der Waals surface area contributed by atoms with Gasteiger partial charge in [0.1, 0.15) is 17.5 Å². The number of aliphatic carboxylic acids is 1. The average Bonchev–Trinajstić information content (AvgIpc) is 2.93. The molecular weight excluding hydrogens is 308 g/mol. The summed E-state index contributed by atoms with van der Waals surface area (Å²) in [7, 11) is 0. The van der Waals surface area contributed by atoms with E-state index in [0.29, 0.717) is 12.0 Å². The molecule has 5 N–H and O–H groups in total. The number of H-pyrrole nitrogens is 1. The first kappa shape index (κ1) is 14.6. The molecule has 6 heteroatoms. The van der Waals surface area contributed by atoms with Crippen molar-refractivity contribution in [2.75, 3.05) is 0 Å². The molecule has 2 heterocycles. The summed E-state index contributed by atoms with van der Waals surface area (Å²) >= 11 is 0. The number of carbonyl (C=O) groups excluding carboxylic acids is 1. The summed E-state index contributed by atoms with van der Waals surface area (Å²) in [5.41, 5.74) is 3.28. The van der Waals surface area contributed by atoms with Gasteiger partial charge in [0.15, 0.2) is 6.04 Å². The van der Waals surface area contributed by atoms with E-state index in [2.05, 4.69) is 4.98 Å². The Morgan fingerprint density at radius 2 is 2.00 bits per heavy atom. The van der Waals surface area contributed by atoms with Gasteiger partial charge < -0.3 is 30.4 Å². The average molecular weight is 324 g/mol. The number of nitrogens with one attached hydrogen (secondary N) is 1. The number of para-hydroxylation sites is 1. The van der Waals surface area contributed by atoms with Crippen LogP contribution < -0.4 is 10.4 Å². The fraction of sp³-hybridized carbons (Fsp3) is 0.167. The number of phenols is 2. The van der Waals surface area contributed by atoms with Crippen LogP contribution in [0.4, 0.5) is 0 Å². The fourth-order valence-electron chi connectivity index (χ4n) is 3.54. The number of hydrogen-bond donors (Lipinski definition) is 4. The molecular formula is C18H16N2O4. The Morgan fingerprint density at radius 1 is 1.21 bits per heavy atom. The van der Waals surface area contributed by atoms with Crippen molar-refractivity contribution >= 4 is 16.9 Å². The van der Waals surface area contributed by atoms with Gasteiger partial charge in [0.2, 0.25) is 0 Å². The maximum absolute atomic E-state index is 11.5. The van der Waals surface area contributed by atoms with E-state index in [-0.39, 0.29) is 11.5 Å². The highest BCUT2D eigenvalue weighted by atomic mass is 16.4. The predicted octanol–water partition coefficient (Wildman–Crippen LogP) is -0.0935. The number of aromatic amines is 1. The van der Waals surface area contributed by atoms with Crippen LogP contribution in [0.5, 0.6) is 11.5 Å². The van der Waals surface area contributed by atoms with Gasteiger partial charge in [-0.25, -0.2) is 0 Å². The fourth-order valence-corrected chi connectivity index (χ4v) is 3.54. The van der Waals surface area contributed by atoms with Crippen molar-refractivity contribution in [3.05, 3.63) is 59.3 Å². The van der Waals surface area contributed by atoms with E-state index < -0.39 is 18.1 Å². The van der Waals surface area contributed by atoms with Crippen molar-refractivity contribution in [1.29, 1.82) is 0 Å².